The summed E-state index contributed by atoms with van der Waals surface area (Å²) in [5, 5.41) is 2.66. The van der Waals surface area contributed by atoms with Crippen LogP contribution in [0.4, 0.5) is 20.2 Å². The summed E-state index contributed by atoms with van der Waals surface area (Å²) in [4.78, 5) is 12.5. The van der Waals surface area contributed by atoms with E-state index in [0.717, 1.165) is 12.1 Å². The van der Waals surface area contributed by atoms with Crippen LogP contribution in [0.25, 0.3) is 0 Å². The number of sulfonamides is 1. The Balaban J connectivity index is 1.65. The van der Waals surface area contributed by atoms with E-state index < -0.39 is 33.7 Å². The van der Waals surface area contributed by atoms with Crippen LogP contribution in [0.15, 0.2) is 77.7 Å². The van der Waals surface area contributed by atoms with Crippen LogP contribution in [0, 0.1) is 11.6 Å². The van der Waals surface area contributed by atoms with Crippen LogP contribution in [0.1, 0.15) is 13.3 Å². The fraction of sp³-hybridized carbons (Fsp3) is 0.136. The third kappa shape index (κ3) is 6.02. The molecule has 0 radical (unpaired) electrons. The van der Waals surface area contributed by atoms with Crippen molar-refractivity contribution in [1.29, 1.82) is 0 Å². The minimum absolute atomic E-state index is 0.0237. The molecule has 3 rings (SSSR count). The van der Waals surface area contributed by atoms with E-state index in [1.165, 1.54) is 60.7 Å². The number of nitrogens with one attached hydrogen (secondary N) is 2. The zero-order valence-electron chi connectivity index (χ0n) is 16.5. The van der Waals surface area contributed by atoms with Crippen molar-refractivity contribution in [2.75, 3.05) is 10.0 Å². The molecule has 0 fully saturated rings. The number of halogens is 2. The number of hydrogen-bond donors (Lipinski definition) is 2. The number of amides is 1. The molecule has 0 saturated carbocycles. The first kappa shape index (κ1) is 22.2. The average Bonchev–Trinajstić information content (AvgIpc) is 2.75. The number of ether oxygens (including phenoxy) is 1. The lowest BCUT2D eigenvalue weighted by atomic mass is 10.2. The molecule has 1 atom stereocenters. The first-order valence-electron chi connectivity index (χ1n) is 9.38. The molecule has 0 aliphatic carbocycles. The molecule has 3 aromatic rings. The van der Waals surface area contributed by atoms with Crippen molar-refractivity contribution in [2.24, 2.45) is 0 Å². The van der Waals surface area contributed by atoms with Crippen LogP contribution < -0.4 is 14.8 Å². The maximum atomic E-state index is 13.0. The van der Waals surface area contributed by atoms with Crippen molar-refractivity contribution < 1.29 is 26.7 Å². The maximum Gasteiger partial charge on any atom is 0.265 e. The molecule has 0 aliphatic heterocycles. The Morgan fingerprint density at radius 2 is 1.39 bits per heavy atom. The van der Waals surface area contributed by atoms with Gasteiger partial charge in [0.1, 0.15) is 17.4 Å². The summed E-state index contributed by atoms with van der Waals surface area (Å²) in [7, 11) is -3.88. The van der Waals surface area contributed by atoms with Gasteiger partial charge >= 0.3 is 0 Å². The molecule has 0 saturated heterocycles. The van der Waals surface area contributed by atoms with Crippen LogP contribution in [-0.2, 0) is 14.8 Å². The van der Waals surface area contributed by atoms with Gasteiger partial charge in [-0.15, -0.1) is 0 Å². The molecule has 162 valence electrons. The normalized spacial score (nSPS) is 12.1. The van der Waals surface area contributed by atoms with E-state index in [-0.39, 0.29) is 10.6 Å². The maximum absolute atomic E-state index is 13.0. The van der Waals surface area contributed by atoms with Gasteiger partial charge in [0.2, 0.25) is 0 Å². The molecule has 0 aliphatic rings. The molecule has 0 bridgehead atoms. The number of benzene rings is 3. The van der Waals surface area contributed by atoms with Gasteiger partial charge in [-0.25, -0.2) is 17.2 Å². The van der Waals surface area contributed by atoms with Crippen LogP contribution in [0.3, 0.4) is 0 Å². The number of rotatable bonds is 8. The van der Waals surface area contributed by atoms with Crippen molar-refractivity contribution in [3.05, 3.63) is 84.4 Å². The Kier molecular flexibility index (Phi) is 6.86. The highest BCUT2D eigenvalue weighted by atomic mass is 32.2. The Morgan fingerprint density at radius 1 is 0.871 bits per heavy atom. The van der Waals surface area contributed by atoms with E-state index in [9.17, 15) is 22.0 Å². The fourth-order valence-electron chi connectivity index (χ4n) is 2.67. The molecule has 0 heterocycles. The zero-order valence-corrected chi connectivity index (χ0v) is 17.3. The summed E-state index contributed by atoms with van der Waals surface area (Å²) in [5.74, 6) is -0.950. The van der Waals surface area contributed by atoms with Crippen molar-refractivity contribution in [3.63, 3.8) is 0 Å². The molecule has 9 heteroatoms. The van der Waals surface area contributed by atoms with E-state index in [2.05, 4.69) is 10.0 Å². The number of carbonyl (C=O) groups is 1. The van der Waals surface area contributed by atoms with Gasteiger partial charge in [0.05, 0.1) is 4.90 Å². The highest BCUT2D eigenvalue weighted by molar-refractivity contribution is 7.92. The average molecular weight is 446 g/mol. The van der Waals surface area contributed by atoms with Gasteiger partial charge in [0.15, 0.2) is 6.10 Å². The topological polar surface area (TPSA) is 84.5 Å². The fourth-order valence-corrected chi connectivity index (χ4v) is 3.73. The predicted octanol–water partition coefficient (Wildman–Crippen LogP) is 4.56. The van der Waals surface area contributed by atoms with E-state index >= 15 is 0 Å². The molecule has 31 heavy (non-hydrogen) atoms. The predicted molar refractivity (Wildman–Crippen MR) is 113 cm³/mol. The second-order valence-electron chi connectivity index (χ2n) is 6.59. The van der Waals surface area contributed by atoms with Gasteiger partial charge in [-0.2, -0.15) is 0 Å². The molecular weight excluding hydrogens is 426 g/mol. The third-order valence-electron chi connectivity index (χ3n) is 4.28. The van der Waals surface area contributed by atoms with Crippen LogP contribution in [-0.4, -0.2) is 20.4 Å². The number of anilines is 2. The molecule has 3 aromatic carbocycles. The lowest BCUT2D eigenvalue weighted by Crippen LogP contribution is -2.32. The number of carbonyl (C=O) groups excluding carboxylic acids is 1. The van der Waals surface area contributed by atoms with Gasteiger partial charge in [-0.1, -0.05) is 6.92 Å². The standard InChI is InChI=1S/C22H20F2N2O4S/c1-2-21(30-19-11-5-16(24)6-12-19)22(27)25-17-9-13-20(14-10-17)31(28,29)26-18-7-3-15(23)4-8-18/h3-14,21,26H,2H2,1H3,(H,25,27)/t21-/m1/s1. The summed E-state index contributed by atoms with van der Waals surface area (Å²) in [6, 6.07) is 15.8. The van der Waals surface area contributed by atoms with Crippen molar-refractivity contribution in [2.45, 2.75) is 24.3 Å². The lowest BCUT2D eigenvalue weighted by Gasteiger charge is -2.17. The lowest BCUT2D eigenvalue weighted by molar-refractivity contribution is -0.122. The van der Waals surface area contributed by atoms with Crippen molar-refractivity contribution >= 4 is 27.3 Å². The molecule has 0 unspecified atom stereocenters. The minimum atomic E-state index is -3.88. The smallest absolute Gasteiger partial charge is 0.265 e. The molecule has 6 nitrogen and oxygen atoms in total. The first-order valence-corrected chi connectivity index (χ1v) is 10.9. The van der Waals surface area contributed by atoms with Crippen LogP contribution >= 0.6 is 0 Å². The van der Waals surface area contributed by atoms with E-state index in [1.54, 1.807) is 6.92 Å². The minimum Gasteiger partial charge on any atom is -0.481 e. The van der Waals surface area contributed by atoms with Gasteiger partial charge in [0, 0.05) is 11.4 Å². The summed E-state index contributed by atoms with van der Waals surface area (Å²) in [6.07, 6.45) is -0.439. The first-order chi connectivity index (χ1) is 14.8. The van der Waals surface area contributed by atoms with Crippen molar-refractivity contribution in [3.8, 4) is 5.75 Å². The van der Waals surface area contributed by atoms with E-state index in [4.69, 9.17) is 4.74 Å². The second kappa shape index (κ2) is 9.57. The van der Waals surface area contributed by atoms with E-state index in [0.29, 0.717) is 17.9 Å². The van der Waals surface area contributed by atoms with Crippen LogP contribution in [0.2, 0.25) is 0 Å². The number of hydrogen-bond acceptors (Lipinski definition) is 4. The molecule has 0 aromatic heterocycles. The van der Waals surface area contributed by atoms with Gasteiger partial charge in [-0.3, -0.25) is 9.52 Å². The van der Waals surface area contributed by atoms with Gasteiger partial charge < -0.3 is 10.1 Å². The largest absolute Gasteiger partial charge is 0.481 e. The quantitative estimate of drug-likeness (QED) is 0.531. The highest BCUT2D eigenvalue weighted by Crippen LogP contribution is 2.20. The highest BCUT2D eigenvalue weighted by Gasteiger charge is 2.19. The third-order valence-corrected chi connectivity index (χ3v) is 5.68. The van der Waals surface area contributed by atoms with E-state index in [1.807, 2.05) is 0 Å². The summed E-state index contributed by atoms with van der Waals surface area (Å²) in [5.41, 5.74) is 0.606. The molecular formula is C22H20F2N2O4S. The molecule has 2 N–H and O–H groups in total. The Morgan fingerprint density at radius 3 is 1.94 bits per heavy atom. The van der Waals surface area contributed by atoms with Crippen LogP contribution in [0.5, 0.6) is 5.75 Å². The monoisotopic (exact) mass is 446 g/mol. The molecule has 1 amide bonds. The summed E-state index contributed by atoms with van der Waals surface area (Å²) in [6.45, 7) is 1.77. The van der Waals surface area contributed by atoms with Crippen molar-refractivity contribution in [1.82, 2.24) is 0 Å². The summed E-state index contributed by atoms with van der Waals surface area (Å²) < 4.78 is 58.9. The summed E-state index contributed by atoms with van der Waals surface area (Å²) >= 11 is 0. The SMILES string of the molecule is CC[C@@H](Oc1ccc(F)cc1)C(=O)Nc1ccc(S(=O)(=O)Nc2ccc(F)cc2)cc1. The Labute approximate surface area is 178 Å². The Bertz CT molecular complexity index is 1130. The molecule has 0 spiro atoms. The van der Waals surface area contributed by atoms with Gasteiger partial charge in [-0.05, 0) is 79.2 Å². The Hall–Kier alpha value is -3.46. The zero-order chi connectivity index (χ0) is 22.4. The second-order valence-corrected chi connectivity index (χ2v) is 8.28. The van der Waals surface area contributed by atoms with Gasteiger partial charge in [0.25, 0.3) is 15.9 Å².